The number of urea groups is 1. The van der Waals surface area contributed by atoms with E-state index in [1.165, 1.54) is 18.1 Å². The second-order valence-electron chi connectivity index (χ2n) is 6.74. The van der Waals surface area contributed by atoms with Crippen LogP contribution in [0, 0.1) is 0 Å². The molecule has 4 amide bonds. The molecule has 2 aliphatic rings. The molecule has 1 aromatic carbocycles. The van der Waals surface area contributed by atoms with Crippen LogP contribution in [0.15, 0.2) is 18.2 Å². The summed E-state index contributed by atoms with van der Waals surface area (Å²) in [5.74, 6) is -0.965. The molecule has 2 N–H and O–H groups in total. The smallest absolute Gasteiger partial charge is 0.319 e. The zero-order valence-electron chi connectivity index (χ0n) is 15.2. The number of hydrogen-bond donors (Lipinski definition) is 2. The lowest BCUT2D eigenvalue weighted by Crippen LogP contribution is -2.40. The van der Waals surface area contributed by atoms with E-state index in [2.05, 4.69) is 15.4 Å². The highest BCUT2D eigenvalue weighted by molar-refractivity contribution is 6.22. The van der Waals surface area contributed by atoms with Crippen LogP contribution in [-0.2, 0) is 9.53 Å². The van der Waals surface area contributed by atoms with E-state index in [-0.39, 0.29) is 30.8 Å². The van der Waals surface area contributed by atoms with Gasteiger partial charge in [0.2, 0.25) is 0 Å². The van der Waals surface area contributed by atoms with Crippen molar-refractivity contribution in [1.29, 1.82) is 0 Å². The van der Waals surface area contributed by atoms with Crippen LogP contribution in [-0.4, -0.2) is 48.4 Å². The Kier molecular flexibility index (Phi) is 5.73. The molecule has 1 fully saturated rings. The lowest BCUT2D eigenvalue weighted by molar-refractivity contribution is -0.140. The Balaban J connectivity index is 1.65. The van der Waals surface area contributed by atoms with Crippen LogP contribution < -0.4 is 10.6 Å². The fourth-order valence-corrected chi connectivity index (χ4v) is 3.56. The Bertz CT molecular complexity index is 771. The van der Waals surface area contributed by atoms with Crippen molar-refractivity contribution in [2.75, 3.05) is 19.0 Å². The number of anilines is 1. The number of methoxy groups -OCH3 is 1. The van der Waals surface area contributed by atoms with Gasteiger partial charge in [0.05, 0.1) is 24.7 Å². The van der Waals surface area contributed by atoms with Gasteiger partial charge in [0, 0.05) is 18.3 Å². The molecule has 144 valence electrons. The molecule has 1 aliphatic carbocycles. The summed E-state index contributed by atoms with van der Waals surface area (Å²) in [6.07, 6.45) is 4.95. The van der Waals surface area contributed by atoms with Gasteiger partial charge in [-0.3, -0.25) is 19.3 Å². The fourth-order valence-electron chi connectivity index (χ4n) is 3.56. The second-order valence-corrected chi connectivity index (χ2v) is 6.74. The maximum Gasteiger partial charge on any atom is 0.319 e. The van der Waals surface area contributed by atoms with Gasteiger partial charge in [-0.25, -0.2) is 4.79 Å². The number of fused-ring (bicyclic) bond motifs is 1. The number of amides is 4. The molecule has 0 unspecified atom stereocenters. The van der Waals surface area contributed by atoms with Gasteiger partial charge < -0.3 is 15.4 Å². The second kappa shape index (κ2) is 8.20. The van der Waals surface area contributed by atoms with Crippen molar-refractivity contribution in [3.8, 4) is 0 Å². The Morgan fingerprint density at radius 2 is 1.81 bits per heavy atom. The average Bonchev–Trinajstić information content (AvgIpc) is 2.92. The van der Waals surface area contributed by atoms with E-state index in [1.54, 1.807) is 12.1 Å². The number of hydrogen-bond acceptors (Lipinski definition) is 5. The van der Waals surface area contributed by atoms with E-state index < -0.39 is 12.0 Å². The van der Waals surface area contributed by atoms with E-state index in [1.807, 2.05) is 0 Å². The summed E-state index contributed by atoms with van der Waals surface area (Å²) in [5.41, 5.74) is 1.11. The highest BCUT2D eigenvalue weighted by atomic mass is 16.5. The number of benzene rings is 1. The third-order valence-electron chi connectivity index (χ3n) is 4.96. The molecule has 8 heteroatoms. The zero-order valence-corrected chi connectivity index (χ0v) is 15.2. The molecular formula is C19H23N3O5. The molecule has 0 aromatic heterocycles. The molecule has 3 rings (SSSR count). The van der Waals surface area contributed by atoms with Crippen molar-refractivity contribution >= 4 is 29.5 Å². The highest BCUT2D eigenvalue weighted by Crippen LogP contribution is 2.32. The lowest BCUT2D eigenvalue weighted by Gasteiger charge is -2.29. The quantitative estimate of drug-likeness (QED) is 0.609. The van der Waals surface area contributed by atoms with Crippen molar-refractivity contribution in [3.05, 3.63) is 29.3 Å². The van der Waals surface area contributed by atoms with Crippen LogP contribution in [0.5, 0.6) is 0 Å². The number of imide groups is 1. The Hall–Kier alpha value is -2.90. The third-order valence-corrected chi connectivity index (χ3v) is 4.96. The summed E-state index contributed by atoms with van der Waals surface area (Å²) in [7, 11) is 1.28. The van der Waals surface area contributed by atoms with E-state index in [0.29, 0.717) is 16.8 Å². The summed E-state index contributed by atoms with van der Waals surface area (Å²) >= 11 is 0. The molecule has 1 aliphatic heterocycles. The van der Waals surface area contributed by atoms with Gasteiger partial charge in [0.1, 0.15) is 0 Å². The van der Waals surface area contributed by atoms with Crippen LogP contribution in [0.25, 0.3) is 0 Å². The van der Waals surface area contributed by atoms with Crippen molar-refractivity contribution in [3.63, 3.8) is 0 Å². The van der Waals surface area contributed by atoms with Gasteiger partial charge in [-0.05, 0) is 31.0 Å². The van der Waals surface area contributed by atoms with Crippen LogP contribution in [0.1, 0.15) is 59.2 Å². The number of carbonyl (C=O) groups excluding carboxylic acids is 4. The van der Waals surface area contributed by atoms with Crippen molar-refractivity contribution in [1.82, 2.24) is 10.2 Å². The zero-order chi connectivity index (χ0) is 19.4. The van der Waals surface area contributed by atoms with E-state index in [0.717, 1.165) is 32.1 Å². The monoisotopic (exact) mass is 373 g/mol. The molecular weight excluding hydrogens is 350 g/mol. The van der Waals surface area contributed by atoms with Gasteiger partial charge in [-0.1, -0.05) is 19.3 Å². The minimum absolute atomic E-state index is 0.0378. The largest absolute Gasteiger partial charge is 0.469 e. The molecule has 0 bridgehead atoms. The first-order valence-corrected chi connectivity index (χ1v) is 9.15. The Morgan fingerprint density at radius 1 is 1.11 bits per heavy atom. The molecule has 1 saturated carbocycles. The van der Waals surface area contributed by atoms with Crippen molar-refractivity contribution in [2.24, 2.45) is 0 Å². The van der Waals surface area contributed by atoms with Gasteiger partial charge in [-0.15, -0.1) is 0 Å². The first-order chi connectivity index (χ1) is 13.0. The number of nitrogens with zero attached hydrogens (tertiary/aromatic N) is 1. The van der Waals surface area contributed by atoms with E-state index >= 15 is 0 Å². The minimum Gasteiger partial charge on any atom is -0.469 e. The molecule has 1 heterocycles. The predicted molar refractivity (Wildman–Crippen MR) is 97.5 cm³/mol. The maximum absolute atomic E-state index is 12.7. The van der Waals surface area contributed by atoms with Crippen molar-refractivity contribution < 1.29 is 23.9 Å². The van der Waals surface area contributed by atoms with Crippen LogP contribution >= 0.6 is 0 Å². The SMILES string of the molecule is COC(=O)CCNC(=O)Nc1ccc2c(c1)C(=O)N(C1CCCCC1)C2=O. The number of nitrogens with one attached hydrogen (secondary N) is 2. The predicted octanol–water partition coefficient (Wildman–Crippen LogP) is 2.30. The maximum atomic E-state index is 12.7. The summed E-state index contributed by atoms with van der Waals surface area (Å²) < 4.78 is 4.50. The number of rotatable bonds is 5. The number of carbonyl (C=O) groups is 4. The average molecular weight is 373 g/mol. The van der Waals surface area contributed by atoms with Crippen LogP contribution in [0.3, 0.4) is 0 Å². The summed E-state index contributed by atoms with van der Waals surface area (Å²) in [6, 6.07) is 4.15. The molecule has 0 radical (unpaired) electrons. The highest BCUT2D eigenvalue weighted by Gasteiger charge is 2.40. The molecule has 27 heavy (non-hydrogen) atoms. The van der Waals surface area contributed by atoms with Gasteiger partial charge in [0.25, 0.3) is 11.8 Å². The van der Waals surface area contributed by atoms with Gasteiger partial charge in [-0.2, -0.15) is 0 Å². The number of esters is 1. The van der Waals surface area contributed by atoms with Crippen molar-refractivity contribution in [2.45, 2.75) is 44.6 Å². The van der Waals surface area contributed by atoms with E-state index in [4.69, 9.17) is 0 Å². The summed E-state index contributed by atoms with van der Waals surface area (Å²) in [6.45, 7) is 0.135. The van der Waals surface area contributed by atoms with Crippen LogP contribution in [0.4, 0.5) is 10.5 Å². The minimum atomic E-state index is -0.500. The molecule has 8 nitrogen and oxygen atoms in total. The van der Waals surface area contributed by atoms with Crippen LogP contribution in [0.2, 0.25) is 0 Å². The molecule has 0 spiro atoms. The molecule has 0 atom stereocenters. The first kappa shape index (κ1) is 18.9. The van der Waals surface area contributed by atoms with Gasteiger partial charge in [0.15, 0.2) is 0 Å². The lowest BCUT2D eigenvalue weighted by atomic mass is 9.94. The first-order valence-electron chi connectivity index (χ1n) is 9.15. The Labute approximate surface area is 157 Å². The summed E-state index contributed by atoms with van der Waals surface area (Å²) in [5, 5.41) is 5.14. The molecule has 0 saturated heterocycles. The fraction of sp³-hybridized carbons (Fsp3) is 0.474. The summed E-state index contributed by atoms with van der Waals surface area (Å²) in [4.78, 5) is 49.7. The topological polar surface area (TPSA) is 105 Å². The normalized spacial score (nSPS) is 16.9. The standard InChI is InChI=1S/C19H23N3O5/c1-27-16(23)9-10-20-19(26)21-12-7-8-14-15(11-12)18(25)22(17(14)24)13-5-3-2-4-6-13/h7-8,11,13H,2-6,9-10H2,1H3,(H2,20,21,26). The van der Waals surface area contributed by atoms with E-state index in [9.17, 15) is 19.2 Å². The molecule has 1 aromatic rings. The third kappa shape index (κ3) is 4.10. The van der Waals surface area contributed by atoms with Gasteiger partial charge >= 0.3 is 12.0 Å². The number of ether oxygens (including phenoxy) is 1. The Morgan fingerprint density at radius 3 is 2.52 bits per heavy atom.